The first-order valence-corrected chi connectivity index (χ1v) is 9.65. The number of halogens is 1. The molecule has 0 unspecified atom stereocenters. The molecular weight excluding hydrogens is 336 g/mol. The zero-order chi connectivity index (χ0) is 17.8. The molecule has 0 radical (unpaired) electrons. The summed E-state index contributed by atoms with van der Waals surface area (Å²) in [5.74, 6) is -0.0636. The molecule has 0 spiro atoms. The summed E-state index contributed by atoms with van der Waals surface area (Å²) in [5, 5.41) is 7.57. The molecule has 2 fully saturated rings. The fraction of sp³-hybridized carbons (Fsp3) is 0.632. The zero-order valence-corrected chi connectivity index (χ0v) is 16.0. The Morgan fingerprint density at radius 2 is 2.04 bits per heavy atom. The van der Waals surface area contributed by atoms with Gasteiger partial charge >= 0.3 is 0 Å². The van der Waals surface area contributed by atoms with Gasteiger partial charge < -0.3 is 15.5 Å². The van der Waals surface area contributed by atoms with E-state index >= 15 is 0 Å². The predicted molar refractivity (Wildman–Crippen MR) is 104 cm³/mol. The van der Waals surface area contributed by atoms with Crippen molar-refractivity contribution in [2.45, 2.75) is 37.8 Å². The molecule has 3 rings (SSSR count). The second-order valence-electron chi connectivity index (χ2n) is 7.35. The largest absolute Gasteiger partial charge is 0.381 e. The highest BCUT2D eigenvalue weighted by molar-refractivity contribution is 6.34. The van der Waals surface area contributed by atoms with Gasteiger partial charge in [0.05, 0.1) is 10.6 Å². The van der Waals surface area contributed by atoms with Gasteiger partial charge in [0.2, 0.25) is 0 Å². The van der Waals surface area contributed by atoms with Gasteiger partial charge in [0, 0.05) is 38.4 Å². The van der Waals surface area contributed by atoms with Crippen molar-refractivity contribution in [3.63, 3.8) is 0 Å². The number of hydrogen-bond donors (Lipinski definition) is 2. The molecule has 1 aromatic carbocycles. The van der Waals surface area contributed by atoms with Gasteiger partial charge in [0.25, 0.3) is 5.91 Å². The lowest BCUT2D eigenvalue weighted by Gasteiger charge is -2.40. The van der Waals surface area contributed by atoms with Gasteiger partial charge in [-0.05, 0) is 63.5 Å². The lowest BCUT2D eigenvalue weighted by atomic mass is 9.98. The molecule has 0 saturated carbocycles. The molecule has 2 heterocycles. The molecule has 25 heavy (non-hydrogen) atoms. The maximum atomic E-state index is 12.1. The van der Waals surface area contributed by atoms with E-state index in [9.17, 15) is 4.79 Å². The fourth-order valence-corrected chi connectivity index (χ4v) is 4.14. The first-order chi connectivity index (χ1) is 12.0. The molecule has 0 aliphatic carbocycles. The van der Waals surface area contributed by atoms with E-state index in [2.05, 4.69) is 15.5 Å². The maximum Gasteiger partial charge on any atom is 0.254 e. The van der Waals surface area contributed by atoms with Crippen molar-refractivity contribution in [3.05, 3.63) is 28.8 Å². The Labute approximate surface area is 155 Å². The third kappa shape index (κ3) is 4.66. The first-order valence-electron chi connectivity index (χ1n) is 9.27. The normalized spacial score (nSPS) is 22.6. The Balaban J connectivity index is 1.61. The molecule has 1 aromatic rings. The van der Waals surface area contributed by atoms with Gasteiger partial charge in [-0.2, -0.15) is 0 Å². The van der Waals surface area contributed by atoms with Crippen LogP contribution in [0.1, 0.15) is 36.0 Å². The van der Waals surface area contributed by atoms with Crippen LogP contribution in [0.25, 0.3) is 0 Å². The summed E-state index contributed by atoms with van der Waals surface area (Å²) in [6.07, 6.45) is 4.91. The lowest BCUT2D eigenvalue weighted by Crippen LogP contribution is -2.50. The topological polar surface area (TPSA) is 47.6 Å². The minimum Gasteiger partial charge on any atom is -0.381 e. The summed E-state index contributed by atoms with van der Waals surface area (Å²) in [5.41, 5.74) is 1.55. The lowest BCUT2D eigenvalue weighted by molar-refractivity contribution is 0.0828. The number of hydrogen-bond acceptors (Lipinski definition) is 4. The quantitative estimate of drug-likeness (QED) is 0.862. The van der Waals surface area contributed by atoms with E-state index in [4.69, 9.17) is 11.6 Å². The zero-order valence-electron chi connectivity index (χ0n) is 15.2. The van der Waals surface area contributed by atoms with E-state index in [-0.39, 0.29) is 5.91 Å². The number of amides is 1. The Hall–Kier alpha value is -1.30. The fourth-order valence-electron chi connectivity index (χ4n) is 3.88. The van der Waals surface area contributed by atoms with Crippen LogP contribution in [0.5, 0.6) is 0 Å². The van der Waals surface area contributed by atoms with Gasteiger partial charge in [0.15, 0.2) is 0 Å². The molecule has 0 aromatic heterocycles. The molecule has 6 heteroatoms. The van der Waals surface area contributed by atoms with Crippen LogP contribution in [-0.2, 0) is 0 Å². The molecule has 2 aliphatic heterocycles. The summed E-state index contributed by atoms with van der Waals surface area (Å²) >= 11 is 6.33. The Bertz CT molecular complexity index is 601. The number of carbonyl (C=O) groups is 1. The summed E-state index contributed by atoms with van der Waals surface area (Å²) < 4.78 is 0. The molecule has 2 saturated heterocycles. The summed E-state index contributed by atoms with van der Waals surface area (Å²) in [6, 6.07) is 6.82. The number of nitrogens with zero attached hydrogens (tertiary/aromatic N) is 2. The number of piperidine rings is 2. The molecule has 2 N–H and O–H groups in total. The Kier molecular flexibility index (Phi) is 6.20. The number of anilines is 1. The van der Waals surface area contributed by atoms with E-state index in [0.29, 0.717) is 16.6 Å². The van der Waals surface area contributed by atoms with Gasteiger partial charge in [-0.1, -0.05) is 11.6 Å². The average molecular weight is 365 g/mol. The van der Waals surface area contributed by atoms with E-state index in [1.807, 2.05) is 18.2 Å². The van der Waals surface area contributed by atoms with Crippen LogP contribution in [0, 0.1) is 0 Å². The standard InChI is InChI=1S/C19H29ClN4O/c1-23(2)19(25)17-6-5-14(12-18(17)20)22-15-4-3-11-24(13-15)16-7-9-21-10-8-16/h5-6,12,15-16,21-22H,3-4,7-11,13H2,1-2H3/t15-/m0/s1. The number of nitrogens with one attached hydrogen (secondary N) is 2. The van der Waals surface area contributed by atoms with Gasteiger partial charge in [-0.15, -0.1) is 0 Å². The predicted octanol–water partition coefficient (Wildman–Crippen LogP) is 2.67. The second kappa shape index (κ2) is 8.39. The minimum atomic E-state index is -0.0636. The number of rotatable bonds is 4. The highest BCUT2D eigenvalue weighted by atomic mass is 35.5. The van der Waals surface area contributed by atoms with Crippen molar-refractivity contribution in [1.82, 2.24) is 15.1 Å². The minimum absolute atomic E-state index is 0.0636. The number of benzene rings is 1. The smallest absolute Gasteiger partial charge is 0.254 e. The molecule has 5 nitrogen and oxygen atoms in total. The third-order valence-electron chi connectivity index (χ3n) is 5.25. The van der Waals surface area contributed by atoms with Crippen molar-refractivity contribution in [3.8, 4) is 0 Å². The molecule has 1 atom stereocenters. The number of likely N-dealkylation sites (tertiary alicyclic amines) is 1. The highest BCUT2D eigenvalue weighted by Crippen LogP contribution is 2.25. The molecule has 138 valence electrons. The van der Waals surface area contributed by atoms with Crippen molar-refractivity contribution in [2.24, 2.45) is 0 Å². The SMILES string of the molecule is CN(C)C(=O)c1ccc(N[C@H]2CCCN(C3CCNCC3)C2)cc1Cl. The Morgan fingerprint density at radius 3 is 2.72 bits per heavy atom. The monoisotopic (exact) mass is 364 g/mol. The van der Waals surface area contributed by atoms with Crippen molar-refractivity contribution in [1.29, 1.82) is 0 Å². The van der Waals surface area contributed by atoms with Crippen LogP contribution in [0.2, 0.25) is 5.02 Å². The van der Waals surface area contributed by atoms with Gasteiger partial charge in [-0.3, -0.25) is 9.69 Å². The second-order valence-corrected chi connectivity index (χ2v) is 7.76. The van der Waals surface area contributed by atoms with E-state index in [1.54, 1.807) is 19.0 Å². The van der Waals surface area contributed by atoms with Crippen LogP contribution < -0.4 is 10.6 Å². The van der Waals surface area contributed by atoms with Crippen LogP contribution >= 0.6 is 11.6 Å². The van der Waals surface area contributed by atoms with Gasteiger partial charge in [-0.25, -0.2) is 0 Å². The third-order valence-corrected chi connectivity index (χ3v) is 5.57. The molecule has 1 amide bonds. The molecule has 2 aliphatic rings. The van der Waals surface area contributed by atoms with Crippen molar-refractivity contribution >= 4 is 23.2 Å². The van der Waals surface area contributed by atoms with Crippen LogP contribution in [0.4, 0.5) is 5.69 Å². The molecule has 0 bridgehead atoms. The summed E-state index contributed by atoms with van der Waals surface area (Å²) in [6.45, 7) is 4.56. The summed E-state index contributed by atoms with van der Waals surface area (Å²) in [7, 11) is 3.48. The van der Waals surface area contributed by atoms with E-state index < -0.39 is 0 Å². The number of carbonyl (C=O) groups excluding carboxylic acids is 1. The first kappa shape index (κ1) is 18.5. The van der Waals surface area contributed by atoms with E-state index in [0.717, 1.165) is 31.4 Å². The van der Waals surface area contributed by atoms with Crippen molar-refractivity contribution < 1.29 is 4.79 Å². The highest BCUT2D eigenvalue weighted by Gasteiger charge is 2.27. The van der Waals surface area contributed by atoms with E-state index in [1.165, 1.54) is 32.2 Å². The Morgan fingerprint density at radius 1 is 1.28 bits per heavy atom. The van der Waals surface area contributed by atoms with Crippen LogP contribution in [0.3, 0.4) is 0 Å². The average Bonchev–Trinajstić information content (AvgIpc) is 2.62. The van der Waals surface area contributed by atoms with Crippen molar-refractivity contribution in [2.75, 3.05) is 45.6 Å². The van der Waals surface area contributed by atoms with Crippen LogP contribution in [-0.4, -0.2) is 68.1 Å². The molecular formula is C19H29ClN4O. The summed E-state index contributed by atoms with van der Waals surface area (Å²) in [4.78, 5) is 16.3. The van der Waals surface area contributed by atoms with Crippen LogP contribution in [0.15, 0.2) is 18.2 Å². The van der Waals surface area contributed by atoms with Gasteiger partial charge in [0.1, 0.15) is 0 Å². The maximum absolute atomic E-state index is 12.1.